The lowest BCUT2D eigenvalue weighted by atomic mass is 10.0. The van der Waals surface area contributed by atoms with Crippen molar-refractivity contribution in [1.29, 1.82) is 0 Å². The molecule has 0 radical (unpaired) electrons. The van der Waals surface area contributed by atoms with Crippen LogP contribution in [-0.4, -0.2) is 24.3 Å². The standard InChI is InChI=1S/C9H17NO/c11-6-5-9(3-4-9)7-10-8-1-2-8/h8,10-11H,1-7H2. The fraction of sp³-hybridized carbons (Fsp3) is 1.00. The Kier molecular flexibility index (Phi) is 1.90. The van der Waals surface area contributed by atoms with E-state index in [1.165, 1.54) is 25.7 Å². The van der Waals surface area contributed by atoms with Gasteiger partial charge in [-0.15, -0.1) is 0 Å². The molecule has 0 bridgehead atoms. The van der Waals surface area contributed by atoms with Gasteiger partial charge in [-0.3, -0.25) is 0 Å². The van der Waals surface area contributed by atoms with Crippen LogP contribution < -0.4 is 5.32 Å². The first-order valence-electron chi connectivity index (χ1n) is 4.69. The lowest BCUT2D eigenvalue weighted by Gasteiger charge is -2.13. The molecule has 2 nitrogen and oxygen atoms in total. The van der Waals surface area contributed by atoms with Crippen molar-refractivity contribution < 1.29 is 5.11 Å². The lowest BCUT2D eigenvalue weighted by Crippen LogP contribution is -2.26. The third-order valence-electron chi connectivity index (χ3n) is 2.94. The van der Waals surface area contributed by atoms with Gasteiger partial charge in [-0.1, -0.05) is 0 Å². The van der Waals surface area contributed by atoms with E-state index in [0.29, 0.717) is 12.0 Å². The summed E-state index contributed by atoms with van der Waals surface area (Å²) >= 11 is 0. The molecule has 2 aliphatic carbocycles. The van der Waals surface area contributed by atoms with Crippen LogP contribution >= 0.6 is 0 Å². The number of aliphatic hydroxyl groups excluding tert-OH is 1. The molecule has 2 saturated carbocycles. The highest BCUT2D eigenvalue weighted by Gasteiger charge is 2.42. The first-order valence-corrected chi connectivity index (χ1v) is 4.69. The second-order valence-electron chi connectivity index (χ2n) is 4.13. The van der Waals surface area contributed by atoms with E-state index in [0.717, 1.165) is 19.0 Å². The summed E-state index contributed by atoms with van der Waals surface area (Å²) in [6.45, 7) is 1.52. The van der Waals surface area contributed by atoms with Crippen LogP contribution in [0.15, 0.2) is 0 Å². The Bertz CT molecular complexity index is 138. The SMILES string of the molecule is OCCC1(CNC2CC2)CC1. The molecule has 0 atom stereocenters. The summed E-state index contributed by atoms with van der Waals surface area (Å²) in [5.41, 5.74) is 0.511. The molecular formula is C9H17NO. The molecule has 0 aromatic rings. The minimum Gasteiger partial charge on any atom is -0.396 e. The predicted molar refractivity (Wildman–Crippen MR) is 44.4 cm³/mol. The third kappa shape index (κ3) is 1.94. The molecule has 2 rings (SSSR count). The maximum atomic E-state index is 8.79. The van der Waals surface area contributed by atoms with Crippen molar-refractivity contribution in [3.63, 3.8) is 0 Å². The first kappa shape index (κ1) is 7.56. The topological polar surface area (TPSA) is 32.3 Å². The van der Waals surface area contributed by atoms with Gasteiger partial charge in [0.25, 0.3) is 0 Å². The van der Waals surface area contributed by atoms with Gasteiger partial charge in [0.1, 0.15) is 0 Å². The zero-order valence-electron chi connectivity index (χ0n) is 6.97. The minimum absolute atomic E-state index is 0.367. The van der Waals surface area contributed by atoms with Gasteiger partial charge in [0.2, 0.25) is 0 Å². The van der Waals surface area contributed by atoms with E-state index in [2.05, 4.69) is 5.32 Å². The van der Waals surface area contributed by atoms with E-state index >= 15 is 0 Å². The Balaban J connectivity index is 1.66. The van der Waals surface area contributed by atoms with E-state index in [4.69, 9.17) is 5.11 Å². The monoisotopic (exact) mass is 155 g/mol. The summed E-state index contributed by atoms with van der Waals surface area (Å²) in [6, 6.07) is 0.825. The molecule has 2 N–H and O–H groups in total. The number of hydrogen-bond acceptors (Lipinski definition) is 2. The average Bonchev–Trinajstić information content (AvgIpc) is 2.81. The van der Waals surface area contributed by atoms with Crippen LogP contribution in [-0.2, 0) is 0 Å². The summed E-state index contributed by atoms with van der Waals surface area (Å²) in [4.78, 5) is 0. The van der Waals surface area contributed by atoms with Gasteiger partial charge in [0, 0.05) is 19.2 Å². The Hall–Kier alpha value is -0.0800. The molecule has 64 valence electrons. The maximum absolute atomic E-state index is 8.79. The van der Waals surface area contributed by atoms with Crippen molar-refractivity contribution in [2.24, 2.45) is 5.41 Å². The quantitative estimate of drug-likeness (QED) is 0.618. The van der Waals surface area contributed by atoms with Gasteiger partial charge in [0.05, 0.1) is 0 Å². The average molecular weight is 155 g/mol. The van der Waals surface area contributed by atoms with Gasteiger partial charge in [-0.25, -0.2) is 0 Å². The molecule has 2 heteroatoms. The third-order valence-corrected chi connectivity index (χ3v) is 2.94. The van der Waals surface area contributed by atoms with E-state index < -0.39 is 0 Å². The molecular weight excluding hydrogens is 138 g/mol. The molecule has 0 aliphatic heterocycles. The zero-order chi connectivity index (χ0) is 7.73. The number of nitrogens with one attached hydrogen (secondary N) is 1. The molecule has 11 heavy (non-hydrogen) atoms. The van der Waals surface area contributed by atoms with Crippen molar-refractivity contribution in [2.75, 3.05) is 13.2 Å². The molecule has 0 amide bonds. The highest BCUT2D eigenvalue weighted by Crippen LogP contribution is 2.48. The van der Waals surface area contributed by atoms with Crippen LogP contribution in [0.4, 0.5) is 0 Å². The van der Waals surface area contributed by atoms with Gasteiger partial charge < -0.3 is 10.4 Å². The van der Waals surface area contributed by atoms with E-state index in [-0.39, 0.29) is 0 Å². The van der Waals surface area contributed by atoms with Crippen LogP contribution in [0, 0.1) is 5.41 Å². The minimum atomic E-state index is 0.367. The Labute approximate surface area is 68.0 Å². The predicted octanol–water partition coefficient (Wildman–Crippen LogP) is 0.901. The largest absolute Gasteiger partial charge is 0.396 e. The Morgan fingerprint density at radius 2 is 2.09 bits per heavy atom. The van der Waals surface area contributed by atoms with Gasteiger partial charge in [-0.05, 0) is 37.5 Å². The summed E-state index contributed by atoms with van der Waals surface area (Å²) in [5, 5.41) is 12.3. The maximum Gasteiger partial charge on any atom is 0.0436 e. The van der Waals surface area contributed by atoms with Crippen molar-refractivity contribution in [1.82, 2.24) is 5.32 Å². The molecule has 0 spiro atoms. The van der Waals surface area contributed by atoms with Crippen LogP contribution in [0.2, 0.25) is 0 Å². The molecule has 2 fully saturated rings. The van der Waals surface area contributed by atoms with E-state index in [1.807, 2.05) is 0 Å². The van der Waals surface area contributed by atoms with Gasteiger partial charge in [-0.2, -0.15) is 0 Å². The van der Waals surface area contributed by atoms with Crippen molar-refractivity contribution in [2.45, 2.75) is 38.1 Å². The fourth-order valence-corrected chi connectivity index (χ4v) is 1.58. The summed E-state index contributed by atoms with van der Waals surface area (Å²) in [6.07, 6.45) is 6.40. The summed E-state index contributed by atoms with van der Waals surface area (Å²) in [7, 11) is 0. The van der Waals surface area contributed by atoms with Crippen LogP contribution in [0.1, 0.15) is 32.1 Å². The van der Waals surface area contributed by atoms with Gasteiger partial charge in [0.15, 0.2) is 0 Å². The molecule has 2 aliphatic rings. The second kappa shape index (κ2) is 2.76. The van der Waals surface area contributed by atoms with Crippen molar-refractivity contribution in [3.8, 4) is 0 Å². The Morgan fingerprint density at radius 1 is 1.36 bits per heavy atom. The highest BCUT2D eigenvalue weighted by molar-refractivity contribution is 4.96. The van der Waals surface area contributed by atoms with E-state index in [1.54, 1.807) is 0 Å². The number of hydrogen-bond donors (Lipinski definition) is 2. The normalized spacial score (nSPS) is 27.0. The van der Waals surface area contributed by atoms with E-state index in [9.17, 15) is 0 Å². The second-order valence-corrected chi connectivity index (χ2v) is 4.13. The summed E-state index contributed by atoms with van der Waals surface area (Å²) in [5.74, 6) is 0. The molecule has 0 heterocycles. The van der Waals surface area contributed by atoms with Crippen LogP contribution in [0.3, 0.4) is 0 Å². The number of aliphatic hydroxyl groups is 1. The molecule has 0 aromatic carbocycles. The smallest absolute Gasteiger partial charge is 0.0436 e. The van der Waals surface area contributed by atoms with Crippen LogP contribution in [0.5, 0.6) is 0 Å². The number of rotatable bonds is 5. The highest BCUT2D eigenvalue weighted by atomic mass is 16.3. The Morgan fingerprint density at radius 3 is 2.55 bits per heavy atom. The first-order chi connectivity index (χ1) is 5.35. The van der Waals surface area contributed by atoms with Gasteiger partial charge >= 0.3 is 0 Å². The van der Waals surface area contributed by atoms with Crippen LogP contribution in [0.25, 0.3) is 0 Å². The lowest BCUT2D eigenvalue weighted by molar-refractivity contribution is 0.245. The molecule has 0 aromatic heterocycles. The summed E-state index contributed by atoms with van der Waals surface area (Å²) < 4.78 is 0. The van der Waals surface area contributed by atoms with Crippen molar-refractivity contribution in [3.05, 3.63) is 0 Å². The molecule has 0 unspecified atom stereocenters. The zero-order valence-corrected chi connectivity index (χ0v) is 6.97. The molecule has 0 saturated heterocycles. The van der Waals surface area contributed by atoms with Crippen molar-refractivity contribution >= 4 is 0 Å². The fourth-order valence-electron chi connectivity index (χ4n) is 1.58.